The molecule has 3 rings (SSSR count). The van der Waals surface area contributed by atoms with E-state index in [1.54, 1.807) is 18.3 Å². The Labute approximate surface area is 134 Å². The van der Waals surface area contributed by atoms with E-state index in [1.807, 2.05) is 6.92 Å². The minimum Gasteiger partial charge on any atom is -0.354 e. The Hall–Kier alpha value is -1.70. The zero-order chi connectivity index (χ0) is 14.8. The molecule has 2 heterocycles. The molecule has 0 amide bonds. The number of halogens is 2. The van der Waals surface area contributed by atoms with Gasteiger partial charge in [-0.2, -0.15) is 13.7 Å². The van der Waals surface area contributed by atoms with Gasteiger partial charge in [0.1, 0.15) is 17.2 Å². The largest absolute Gasteiger partial charge is 0.354 e. The first kappa shape index (κ1) is 14.2. The highest BCUT2D eigenvalue weighted by molar-refractivity contribution is 7.58. The van der Waals surface area contributed by atoms with Gasteiger partial charge >= 0.3 is 0 Å². The summed E-state index contributed by atoms with van der Waals surface area (Å²) in [5, 5.41) is 7.14. The van der Waals surface area contributed by atoms with Crippen LogP contribution in [0.3, 0.4) is 0 Å². The third-order valence-electron chi connectivity index (χ3n) is 2.69. The Bertz CT molecular complexity index is 773. The Morgan fingerprint density at radius 1 is 1.19 bits per heavy atom. The minimum atomic E-state index is 0.462. The van der Waals surface area contributed by atoms with E-state index < -0.39 is 0 Å². The molecule has 6 nitrogen and oxygen atoms in total. The number of anilines is 3. The fourth-order valence-electron chi connectivity index (χ4n) is 1.79. The monoisotopic (exact) mass is 340 g/mol. The van der Waals surface area contributed by atoms with Crippen LogP contribution in [-0.2, 0) is 11.4 Å². The van der Waals surface area contributed by atoms with Crippen molar-refractivity contribution < 1.29 is 0 Å². The molecule has 9 heteroatoms. The maximum absolute atomic E-state index is 6.25. The molecule has 0 aliphatic carbocycles. The van der Waals surface area contributed by atoms with Crippen LogP contribution in [0.15, 0.2) is 27.1 Å². The lowest BCUT2D eigenvalue weighted by atomic mass is 10.2. The predicted molar refractivity (Wildman–Crippen MR) is 87.5 cm³/mol. The number of aromatic nitrogens is 2. The van der Waals surface area contributed by atoms with Gasteiger partial charge in [0.25, 0.3) is 0 Å². The second-order valence-electron chi connectivity index (χ2n) is 4.10. The van der Waals surface area contributed by atoms with Crippen molar-refractivity contribution in [2.75, 3.05) is 17.2 Å². The molecular weight excluding hydrogens is 331 g/mol. The van der Waals surface area contributed by atoms with Crippen molar-refractivity contribution in [2.45, 2.75) is 6.92 Å². The van der Waals surface area contributed by atoms with Crippen molar-refractivity contribution in [3.05, 3.63) is 28.4 Å². The second-order valence-corrected chi connectivity index (χ2v) is 5.44. The Morgan fingerprint density at radius 3 is 2.81 bits per heavy atom. The van der Waals surface area contributed by atoms with E-state index >= 15 is 0 Å². The zero-order valence-corrected chi connectivity index (χ0v) is 13.2. The van der Waals surface area contributed by atoms with E-state index in [1.165, 1.54) is 0 Å². The van der Waals surface area contributed by atoms with Crippen molar-refractivity contribution >= 4 is 63.4 Å². The Morgan fingerprint density at radius 2 is 2.00 bits per heavy atom. The number of benzene rings is 1. The summed E-state index contributed by atoms with van der Waals surface area (Å²) in [6.07, 6.45) is 1.66. The number of fused-ring (bicyclic) bond motifs is 1. The Kier molecular flexibility index (Phi) is 4.05. The number of nitrogens with one attached hydrogen (secondary N) is 2. The summed E-state index contributed by atoms with van der Waals surface area (Å²) >= 11 is 13.4. The Balaban J connectivity index is 1.98. The zero-order valence-electron chi connectivity index (χ0n) is 10.9. The standard InChI is InChI=1S/C12H10Cl2N6S/c1-2-15-12-16-4-3-8(18-12)17-9-6(13)5-7(14)10-11(9)20-21-19-10/h3-5H,2H2,1H3,(H2,15,16,17,18). The second kappa shape index (κ2) is 5.97. The molecule has 1 aliphatic heterocycles. The fraction of sp³-hybridized carbons (Fsp3) is 0.167. The summed E-state index contributed by atoms with van der Waals surface area (Å²) in [7, 11) is 0. The SMILES string of the molecule is CCNc1nccc(Nc2c(Cl)cc(Cl)c3c2N=S=N3)n1. The molecule has 1 aromatic heterocycles. The third kappa shape index (κ3) is 2.85. The highest BCUT2D eigenvalue weighted by atomic mass is 35.5. The molecule has 108 valence electrons. The van der Waals surface area contributed by atoms with Crippen LogP contribution in [0.4, 0.5) is 28.8 Å². The van der Waals surface area contributed by atoms with Gasteiger partial charge in [-0.1, -0.05) is 23.2 Å². The molecule has 0 bridgehead atoms. The molecule has 0 radical (unpaired) electrons. The lowest BCUT2D eigenvalue weighted by Gasteiger charge is -2.12. The summed E-state index contributed by atoms with van der Waals surface area (Å²) in [5.41, 5.74) is 1.88. The van der Waals surface area contributed by atoms with Gasteiger partial charge < -0.3 is 10.6 Å². The summed E-state index contributed by atoms with van der Waals surface area (Å²) in [5.74, 6) is 1.15. The molecule has 2 N–H and O–H groups in total. The lowest BCUT2D eigenvalue weighted by molar-refractivity contribution is 1.09. The van der Waals surface area contributed by atoms with Crippen LogP contribution in [-0.4, -0.2) is 16.5 Å². The predicted octanol–water partition coefficient (Wildman–Crippen LogP) is 4.69. The summed E-state index contributed by atoms with van der Waals surface area (Å²) < 4.78 is 8.40. The average molecular weight is 341 g/mol. The average Bonchev–Trinajstić information content (AvgIpc) is 2.94. The normalized spacial score (nSPS) is 12.0. The van der Waals surface area contributed by atoms with E-state index in [4.69, 9.17) is 23.2 Å². The van der Waals surface area contributed by atoms with E-state index in [0.717, 1.165) is 17.9 Å². The van der Waals surface area contributed by atoms with Gasteiger partial charge in [0.15, 0.2) is 0 Å². The molecule has 0 saturated heterocycles. The van der Waals surface area contributed by atoms with Gasteiger partial charge in [0, 0.05) is 12.7 Å². The number of hydrogen-bond donors (Lipinski definition) is 2. The fourth-order valence-corrected chi connectivity index (χ4v) is 2.95. The van der Waals surface area contributed by atoms with Crippen molar-refractivity contribution in [3.63, 3.8) is 0 Å². The molecule has 0 fully saturated rings. The maximum atomic E-state index is 6.25. The smallest absolute Gasteiger partial charge is 0.224 e. The van der Waals surface area contributed by atoms with Gasteiger partial charge in [-0.25, -0.2) is 4.98 Å². The molecule has 0 spiro atoms. The molecular formula is C12H10Cl2N6S. The summed E-state index contributed by atoms with van der Waals surface area (Å²) in [6.45, 7) is 2.72. The van der Waals surface area contributed by atoms with E-state index in [9.17, 15) is 0 Å². The third-order valence-corrected chi connectivity index (χ3v) is 3.80. The molecule has 0 atom stereocenters. The van der Waals surface area contributed by atoms with E-state index in [0.29, 0.717) is 38.9 Å². The first-order valence-electron chi connectivity index (χ1n) is 6.13. The molecule has 2 aromatic rings. The quantitative estimate of drug-likeness (QED) is 0.722. The van der Waals surface area contributed by atoms with E-state index in [2.05, 4.69) is 29.3 Å². The molecule has 1 aromatic carbocycles. The van der Waals surface area contributed by atoms with Crippen LogP contribution >= 0.6 is 23.2 Å². The molecule has 0 saturated carbocycles. The van der Waals surface area contributed by atoms with Gasteiger partial charge in [-0.15, -0.1) is 0 Å². The number of nitrogens with zero attached hydrogens (tertiary/aromatic N) is 4. The van der Waals surface area contributed by atoms with Gasteiger partial charge in [-0.3, -0.25) is 0 Å². The lowest BCUT2D eigenvalue weighted by Crippen LogP contribution is -2.03. The van der Waals surface area contributed by atoms with Crippen LogP contribution < -0.4 is 10.6 Å². The van der Waals surface area contributed by atoms with Gasteiger partial charge in [-0.05, 0) is 19.1 Å². The van der Waals surface area contributed by atoms with Crippen molar-refractivity contribution in [3.8, 4) is 0 Å². The summed E-state index contributed by atoms with van der Waals surface area (Å²) in [6, 6.07) is 3.39. The van der Waals surface area contributed by atoms with Crippen LogP contribution in [0.25, 0.3) is 0 Å². The maximum Gasteiger partial charge on any atom is 0.224 e. The first-order chi connectivity index (χ1) is 10.2. The van der Waals surface area contributed by atoms with Crippen molar-refractivity contribution in [1.29, 1.82) is 0 Å². The van der Waals surface area contributed by atoms with Gasteiger partial charge in [0.05, 0.1) is 27.1 Å². The van der Waals surface area contributed by atoms with Crippen LogP contribution in [0.5, 0.6) is 0 Å². The van der Waals surface area contributed by atoms with Crippen molar-refractivity contribution in [1.82, 2.24) is 9.97 Å². The number of hydrogen-bond acceptors (Lipinski definition) is 6. The van der Waals surface area contributed by atoms with E-state index in [-0.39, 0.29) is 0 Å². The summed E-state index contributed by atoms with van der Waals surface area (Å²) in [4.78, 5) is 8.46. The molecule has 0 unspecified atom stereocenters. The van der Waals surface area contributed by atoms with Gasteiger partial charge in [0.2, 0.25) is 5.95 Å². The van der Waals surface area contributed by atoms with Crippen LogP contribution in [0.1, 0.15) is 6.92 Å². The highest BCUT2D eigenvalue weighted by Gasteiger charge is 2.19. The van der Waals surface area contributed by atoms with Crippen LogP contribution in [0.2, 0.25) is 10.0 Å². The van der Waals surface area contributed by atoms with Crippen molar-refractivity contribution in [2.24, 2.45) is 8.73 Å². The van der Waals surface area contributed by atoms with Crippen LogP contribution in [0, 0.1) is 0 Å². The molecule has 21 heavy (non-hydrogen) atoms. The first-order valence-corrected chi connectivity index (χ1v) is 7.62. The minimum absolute atomic E-state index is 0.462. The number of rotatable bonds is 4. The highest BCUT2D eigenvalue weighted by Crippen LogP contribution is 2.48. The topological polar surface area (TPSA) is 74.6 Å². The molecule has 1 aliphatic rings.